The van der Waals surface area contributed by atoms with Gasteiger partial charge in [-0.3, -0.25) is 4.90 Å². The highest BCUT2D eigenvalue weighted by atomic mass is 16.6. The third kappa shape index (κ3) is 5.20. The zero-order chi connectivity index (χ0) is 21.2. The van der Waals surface area contributed by atoms with E-state index in [2.05, 4.69) is 9.88 Å². The number of rotatable bonds is 5. The van der Waals surface area contributed by atoms with Gasteiger partial charge in [0.2, 0.25) is 0 Å². The Morgan fingerprint density at radius 1 is 1.17 bits per heavy atom. The van der Waals surface area contributed by atoms with E-state index in [1.54, 1.807) is 17.9 Å². The lowest BCUT2D eigenvalue weighted by molar-refractivity contribution is 0.0137. The van der Waals surface area contributed by atoms with E-state index in [0.29, 0.717) is 36.5 Å². The number of carboxylic acid groups (broad SMARTS) is 1. The van der Waals surface area contributed by atoms with Crippen LogP contribution in [0.2, 0.25) is 0 Å². The smallest absolute Gasteiger partial charge is 0.410 e. The van der Waals surface area contributed by atoms with Crippen molar-refractivity contribution < 1.29 is 24.2 Å². The number of ether oxygens (including phenoxy) is 2. The van der Waals surface area contributed by atoms with Crippen LogP contribution in [0.25, 0.3) is 10.9 Å². The molecule has 1 amide bonds. The highest BCUT2D eigenvalue weighted by Gasteiger charge is 2.25. The first-order chi connectivity index (χ1) is 13.6. The van der Waals surface area contributed by atoms with Gasteiger partial charge < -0.3 is 24.5 Å². The standard InChI is InChI=1S/C21H29N3O5/c1-14-18(19(25)26)16-13-15(5-6-17(16)22-14)28-12-11-23-7-9-24(10-8-23)20(27)29-21(2,3)4/h5-6,13,22H,7-12H2,1-4H3,(H,25,26). The lowest BCUT2D eigenvalue weighted by Crippen LogP contribution is -2.50. The van der Waals surface area contributed by atoms with E-state index in [4.69, 9.17) is 9.47 Å². The first kappa shape index (κ1) is 21.0. The number of aromatic amines is 1. The SMILES string of the molecule is Cc1[nH]c2ccc(OCCN3CCN(C(=O)OC(C)(C)C)CC3)cc2c1C(=O)O. The van der Waals surface area contributed by atoms with Gasteiger partial charge in [0.25, 0.3) is 0 Å². The average molecular weight is 403 g/mol. The largest absolute Gasteiger partial charge is 0.492 e. The predicted octanol–water partition coefficient (Wildman–Crippen LogP) is 3.11. The van der Waals surface area contributed by atoms with Crippen molar-refractivity contribution >= 4 is 23.0 Å². The maximum atomic E-state index is 12.1. The fourth-order valence-corrected chi connectivity index (χ4v) is 3.44. The number of piperazine rings is 1. The summed E-state index contributed by atoms with van der Waals surface area (Å²) in [6.07, 6.45) is -0.266. The van der Waals surface area contributed by atoms with Crippen LogP contribution in [0, 0.1) is 6.92 Å². The van der Waals surface area contributed by atoms with Gasteiger partial charge in [0.05, 0.1) is 5.56 Å². The first-order valence-electron chi connectivity index (χ1n) is 9.83. The number of aromatic carboxylic acids is 1. The number of nitrogens with zero attached hydrogens (tertiary/aromatic N) is 2. The van der Waals surface area contributed by atoms with E-state index < -0.39 is 11.6 Å². The van der Waals surface area contributed by atoms with E-state index in [0.717, 1.165) is 25.2 Å². The summed E-state index contributed by atoms with van der Waals surface area (Å²) in [4.78, 5) is 30.7. The zero-order valence-corrected chi connectivity index (χ0v) is 17.4. The number of hydrogen-bond donors (Lipinski definition) is 2. The molecule has 2 aromatic rings. The molecule has 0 unspecified atom stereocenters. The van der Waals surface area contributed by atoms with Gasteiger partial charge in [-0.1, -0.05) is 0 Å². The van der Waals surface area contributed by atoms with E-state index >= 15 is 0 Å². The number of carboxylic acids is 1. The molecule has 1 aromatic heterocycles. The van der Waals surface area contributed by atoms with Gasteiger partial charge >= 0.3 is 12.1 Å². The lowest BCUT2D eigenvalue weighted by Gasteiger charge is -2.35. The molecule has 1 aromatic carbocycles. The Bertz CT molecular complexity index is 892. The van der Waals surface area contributed by atoms with Crippen LogP contribution in [0.3, 0.4) is 0 Å². The van der Waals surface area contributed by atoms with Crippen molar-refractivity contribution in [1.29, 1.82) is 0 Å². The van der Waals surface area contributed by atoms with Crippen LogP contribution >= 0.6 is 0 Å². The van der Waals surface area contributed by atoms with E-state index in [-0.39, 0.29) is 11.7 Å². The van der Waals surface area contributed by atoms with Gasteiger partial charge in [-0.15, -0.1) is 0 Å². The summed E-state index contributed by atoms with van der Waals surface area (Å²) in [5, 5.41) is 10.1. The molecule has 1 aliphatic heterocycles. The van der Waals surface area contributed by atoms with E-state index in [1.165, 1.54) is 0 Å². The summed E-state index contributed by atoms with van der Waals surface area (Å²) < 4.78 is 11.3. The Labute approximate surface area is 170 Å². The van der Waals surface area contributed by atoms with Crippen molar-refractivity contribution in [3.05, 3.63) is 29.5 Å². The first-order valence-corrected chi connectivity index (χ1v) is 9.83. The quantitative estimate of drug-likeness (QED) is 0.797. The summed E-state index contributed by atoms with van der Waals surface area (Å²) in [6, 6.07) is 5.44. The predicted molar refractivity (Wildman–Crippen MR) is 110 cm³/mol. The molecular formula is C21H29N3O5. The Morgan fingerprint density at radius 2 is 1.86 bits per heavy atom. The van der Waals surface area contributed by atoms with Crippen molar-refractivity contribution in [1.82, 2.24) is 14.8 Å². The van der Waals surface area contributed by atoms with Gasteiger partial charge in [0, 0.05) is 49.3 Å². The van der Waals surface area contributed by atoms with Crippen molar-refractivity contribution in [2.45, 2.75) is 33.3 Å². The van der Waals surface area contributed by atoms with Gasteiger partial charge in [0.1, 0.15) is 18.0 Å². The van der Waals surface area contributed by atoms with Crippen LogP contribution < -0.4 is 4.74 Å². The van der Waals surface area contributed by atoms with E-state index in [9.17, 15) is 14.7 Å². The Balaban J connectivity index is 1.49. The van der Waals surface area contributed by atoms with Gasteiger partial charge in [0.15, 0.2) is 0 Å². The Hall–Kier alpha value is -2.74. The normalized spacial score (nSPS) is 15.5. The molecule has 2 heterocycles. The second-order valence-corrected chi connectivity index (χ2v) is 8.30. The van der Waals surface area contributed by atoms with Crippen LogP contribution in [0.5, 0.6) is 5.75 Å². The second kappa shape index (κ2) is 8.32. The van der Waals surface area contributed by atoms with Crippen LogP contribution in [-0.2, 0) is 4.74 Å². The lowest BCUT2D eigenvalue weighted by atomic mass is 10.1. The molecule has 1 aliphatic rings. The maximum absolute atomic E-state index is 12.1. The number of nitrogens with one attached hydrogen (secondary N) is 1. The molecule has 1 saturated heterocycles. The molecule has 0 atom stereocenters. The molecule has 29 heavy (non-hydrogen) atoms. The summed E-state index contributed by atoms with van der Waals surface area (Å²) in [5.74, 6) is -0.305. The molecule has 0 bridgehead atoms. The second-order valence-electron chi connectivity index (χ2n) is 8.30. The molecule has 8 nitrogen and oxygen atoms in total. The molecule has 2 N–H and O–H groups in total. The molecule has 0 spiro atoms. The van der Waals surface area contributed by atoms with Crippen LogP contribution in [0.15, 0.2) is 18.2 Å². The molecule has 158 valence electrons. The fourth-order valence-electron chi connectivity index (χ4n) is 3.44. The van der Waals surface area contributed by atoms with Crippen LogP contribution in [0.1, 0.15) is 36.8 Å². The van der Waals surface area contributed by atoms with Crippen molar-refractivity contribution in [2.75, 3.05) is 39.3 Å². The van der Waals surface area contributed by atoms with Crippen molar-refractivity contribution in [3.8, 4) is 5.75 Å². The number of benzene rings is 1. The monoisotopic (exact) mass is 403 g/mol. The number of carbonyl (C=O) groups is 2. The highest BCUT2D eigenvalue weighted by molar-refractivity contribution is 6.05. The molecule has 0 radical (unpaired) electrons. The number of hydrogen-bond acceptors (Lipinski definition) is 5. The fraction of sp³-hybridized carbons (Fsp3) is 0.524. The summed E-state index contributed by atoms with van der Waals surface area (Å²) in [6.45, 7) is 11.4. The molecule has 0 aliphatic carbocycles. The summed E-state index contributed by atoms with van der Waals surface area (Å²) in [5.41, 5.74) is 1.21. The topological polar surface area (TPSA) is 95.1 Å². The highest BCUT2D eigenvalue weighted by Crippen LogP contribution is 2.26. The number of H-pyrrole nitrogens is 1. The number of amides is 1. The number of fused-ring (bicyclic) bond motifs is 1. The van der Waals surface area contributed by atoms with E-state index in [1.807, 2.05) is 32.9 Å². The minimum Gasteiger partial charge on any atom is -0.492 e. The molecule has 1 fully saturated rings. The minimum absolute atomic E-state index is 0.266. The number of aromatic nitrogens is 1. The van der Waals surface area contributed by atoms with Gasteiger partial charge in [-0.25, -0.2) is 9.59 Å². The summed E-state index contributed by atoms with van der Waals surface area (Å²) in [7, 11) is 0. The number of carbonyl (C=O) groups excluding carboxylic acids is 1. The van der Waals surface area contributed by atoms with Gasteiger partial charge in [-0.2, -0.15) is 0 Å². The minimum atomic E-state index is -0.950. The summed E-state index contributed by atoms with van der Waals surface area (Å²) >= 11 is 0. The average Bonchev–Trinajstić information content (AvgIpc) is 2.96. The molecule has 8 heteroatoms. The van der Waals surface area contributed by atoms with Gasteiger partial charge in [-0.05, 0) is 45.9 Å². The van der Waals surface area contributed by atoms with Crippen molar-refractivity contribution in [2.24, 2.45) is 0 Å². The third-order valence-electron chi connectivity index (χ3n) is 4.87. The number of aryl methyl sites for hydroxylation is 1. The molecule has 3 rings (SSSR count). The van der Waals surface area contributed by atoms with Crippen LogP contribution in [0.4, 0.5) is 4.79 Å². The maximum Gasteiger partial charge on any atom is 0.410 e. The zero-order valence-electron chi connectivity index (χ0n) is 17.4. The molecular weight excluding hydrogens is 374 g/mol. The third-order valence-corrected chi connectivity index (χ3v) is 4.87. The van der Waals surface area contributed by atoms with Crippen LogP contribution in [-0.4, -0.2) is 76.9 Å². The van der Waals surface area contributed by atoms with Crippen molar-refractivity contribution in [3.63, 3.8) is 0 Å². The molecule has 0 saturated carbocycles. The Morgan fingerprint density at radius 3 is 2.48 bits per heavy atom. The Kier molecular flexibility index (Phi) is 6.02.